The third-order valence-electron chi connectivity index (χ3n) is 1.56. The van der Waals surface area contributed by atoms with Crippen LogP contribution in [0, 0.1) is 0 Å². The van der Waals surface area contributed by atoms with E-state index in [1.54, 1.807) is 11.8 Å². The zero-order chi connectivity index (χ0) is 8.27. The summed E-state index contributed by atoms with van der Waals surface area (Å²) in [5.41, 5.74) is 0. The van der Waals surface area contributed by atoms with Gasteiger partial charge in [0.25, 0.3) is 0 Å². The van der Waals surface area contributed by atoms with Crippen molar-refractivity contribution in [2.75, 3.05) is 5.75 Å². The number of hydrogen-bond donors (Lipinski definition) is 1. The largest absolute Gasteiger partial charge is 0.295 e. The molecule has 0 spiro atoms. The molecule has 0 aromatic carbocycles. The van der Waals surface area contributed by atoms with Gasteiger partial charge in [0.2, 0.25) is 11.8 Å². The number of rotatable bonds is 2. The van der Waals surface area contributed by atoms with E-state index in [-0.39, 0.29) is 17.1 Å². The molecule has 11 heavy (non-hydrogen) atoms. The average Bonchev–Trinajstić information content (AvgIpc) is 1.95. The van der Waals surface area contributed by atoms with Crippen molar-refractivity contribution in [1.29, 1.82) is 0 Å². The van der Waals surface area contributed by atoms with Crippen LogP contribution in [-0.2, 0) is 9.59 Å². The van der Waals surface area contributed by atoms with Gasteiger partial charge < -0.3 is 0 Å². The van der Waals surface area contributed by atoms with Crippen molar-refractivity contribution in [2.45, 2.75) is 25.0 Å². The van der Waals surface area contributed by atoms with Gasteiger partial charge in [-0.25, -0.2) is 0 Å². The standard InChI is InChI=1S/C7H11NO2S/c1-2-11-5-3-4-6(9)8-7(5)10/h5H,2-4H2,1H3,(H,8,9,10). The Labute approximate surface area is 69.9 Å². The maximum Gasteiger partial charge on any atom is 0.239 e. The molecule has 0 radical (unpaired) electrons. The summed E-state index contributed by atoms with van der Waals surface area (Å²) in [6.07, 6.45) is 1.19. The van der Waals surface area contributed by atoms with Crippen LogP contribution in [0.5, 0.6) is 0 Å². The van der Waals surface area contributed by atoms with Crippen LogP contribution in [0.3, 0.4) is 0 Å². The van der Waals surface area contributed by atoms with Gasteiger partial charge in [-0.1, -0.05) is 6.92 Å². The molecular formula is C7H11NO2S. The average molecular weight is 173 g/mol. The van der Waals surface area contributed by atoms with Gasteiger partial charge in [-0.2, -0.15) is 0 Å². The van der Waals surface area contributed by atoms with Crippen molar-refractivity contribution in [3.8, 4) is 0 Å². The highest BCUT2D eigenvalue weighted by Crippen LogP contribution is 2.18. The van der Waals surface area contributed by atoms with Gasteiger partial charge in [-0.15, -0.1) is 11.8 Å². The first-order chi connectivity index (χ1) is 5.24. The van der Waals surface area contributed by atoms with Crippen molar-refractivity contribution in [3.05, 3.63) is 0 Å². The quantitative estimate of drug-likeness (QED) is 0.620. The second-order valence-corrected chi connectivity index (χ2v) is 3.87. The number of carbonyl (C=O) groups is 2. The topological polar surface area (TPSA) is 46.2 Å². The Morgan fingerprint density at radius 1 is 1.64 bits per heavy atom. The van der Waals surface area contributed by atoms with E-state index in [0.717, 1.165) is 5.75 Å². The molecule has 4 heteroatoms. The summed E-state index contributed by atoms with van der Waals surface area (Å²) in [5, 5.41) is 2.31. The lowest BCUT2D eigenvalue weighted by Crippen LogP contribution is -2.42. The van der Waals surface area contributed by atoms with Crippen LogP contribution in [0.4, 0.5) is 0 Å². The van der Waals surface area contributed by atoms with E-state index in [1.165, 1.54) is 0 Å². The first kappa shape index (κ1) is 8.59. The molecule has 1 atom stereocenters. The monoisotopic (exact) mass is 173 g/mol. The molecule has 1 N–H and O–H groups in total. The summed E-state index contributed by atoms with van der Waals surface area (Å²) < 4.78 is 0. The summed E-state index contributed by atoms with van der Waals surface area (Å²) in [5.74, 6) is 0.669. The van der Waals surface area contributed by atoms with Gasteiger partial charge in [0.05, 0.1) is 5.25 Å². The van der Waals surface area contributed by atoms with Crippen LogP contribution in [0.1, 0.15) is 19.8 Å². The highest BCUT2D eigenvalue weighted by Gasteiger charge is 2.25. The van der Waals surface area contributed by atoms with E-state index in [4.69, 9.17) is 0 Å². The van der Waals surface area contributed by atoms with Gasteiger partial charge in [0.1, 0.15) is 0 Å². The number of carbonyl (C=O) groups excluding carboxylic acids is 2. The predicted octanol–water partition coefficient (Wildman–Crippen LogP) is 0.545. The number of thioether (sulfide) groups is 1. The van der Waals surface area contributed by atoms with Crippen LogP contribution in [0.15, 0.2) is 0 Å². The zero-order valence-electron chi connectivity index (χ0n) is 6.42. The van der Waals surface area contributed by atoms with Crippen molar-refractivity contribution in [3.63, 3.8) is 0 Å². The Hall–Kier alpha value is -0.510. The summed E-state index contributed by atoms with van der Waals surface area (Å²) in [6, 6.07) is 0. The molecule has 1 fully saturated rings. The van der Waals surface area contributed by atoms with E-state index in [9.17, 15) is 9.59 Å². The Balaban J connectivity index is 2.44. The maximum absolute atomic E-state index is 11.0. The molecule has 2 amide bonds. The molecule has 0 aliphatic carbocycles. The maximum atomic E-state index is 11.0. The van der Waals surface area contributed by atoms with Crippen molar-refractivity contribution < 1.29 is 9.59 Å². The van der Waals surface area contributed by atoms with Crippen LogP contribution in [0.2, 0.25) is 0 Å². The van der Waals surface area contributed by atoms with Crippen LogP contribution in [-0.4, -0.2) is 22.8 Å². The van der Waals surface area contributed by atoms with Gasteiger partial charge in [-0.3, -0.25) is 14.9 Å². The van der Waals surface area contributed by atoms with Crippen molar-refractivity contribution in [1.82, 2.24) is 5.32 Å². The molecule has 1 aliphatic rings. The Kier molecular flexibility index (Phi) is 2.93. The Morgan fingerprint density at radius 2 is 2.36 bits per heavy atom. The van der Waals surface area contributed by atoms with Crippen molar-refractivity contribution in [2.24, 2.45) is 0 Å². The normalized spacial score (nSPS) is 25.0. The van der Waals surface area contributed by atoms with Gasteiger partial charge in [0, 0.05) is 6.42 Å². The smallest absolute Gasteiger partial charge is 0.239 e. The molecule has 0 aromatic heterocycles. The minimum Gasteiger partial charge on any atom is -0.295 e. The fourth-order valence-corrected chi connectivity index (χ4v) is 1.93. The SMILES string of the molecule is CCSC1CCC(=O)NC1=O. The van der Waals surface area contributed by atoms with Crippen molar-refractivity contribution >= 4 is 23.6 Å². The molecule has 1 unspecified atom stereocenters. The van der Waals surface area contributed by atoms with E-state index >= 15 is 0 Å². The Morgan fingerprint density at radius 3 is 2.91 bits per heavy atom. The first-order valence-electron chi connectivity index (χ1n) is 3.69. The molecule has 1 heterocycles. The van der Waals surface area contributed by atoms with Crippen LogP contribution in [0.25, 0.3) is 0 Å². The number of nitrogens with one attached hydrogen (secondary N) is 1. The van der Waals surface area contributed by atoms with E-state index < -0.39 is 0 Å². The van der Waals surface area contributed by atoms with E-state index in [0.29, 0.717) is 12.8 Å². The fourth-order valence-electron chi connectivity index (χ4n) is 1.03. The molecular weight excluding hydrogens is 162 g/mol. The molecule has 3 nitrogen and oxygen atoms in total. The lowest BCUT2D eigenvalue weighted by Gasteiger charge is -2.19. The molecule has 0 aromatic rings. The molecule has 1 saturated heterocycles. The molecule has 62 valence electrons. The van der Waals surface area contributed by atoms with Gasteiger partial charge >= 0.3 is 0 Å². The second kappa shape index (κ2) is 3.76. The minimum absolute atomic E-state index is 0.00213. The minimum atomic E-state index is -0.136. The fraction of sp³-hybridized carbons (Fsp3) is 0.714. The van der Waals surface area contributed by atoms with Gasteiger partial charge in [0.15, 0.2) is 0 Å². The molecule has 1 rings (SSSR count). The predicted molar refractivity (Wildman–Crippen MR) is 44.3 cm³/mol. The van der Waals surface area contributed by atoms with E-state index in [1.807, 2.05) is 6.92 Å². The third-order valence-corrected chi connectivity index (χ3v) is 2.74. The Bertz CT molecular complexity index is 181. The number of hydrogen-bond acceptors (Lipinski definition) is 3. The number of piperidine rings is 1. The summed E-state index contributed by atoms with van der Waals surface area (Å²) in [7, 11) is 0. The summed E-state index contributed by atoms with van der Waals surface area (Å²) >= 11 is 1.60. The number of amides is 2. The lowest BCUT2D eigenvalue weighted by atomic mass is 10.1. The summed E-state index contributed by atoms with van der Waals surface area (Å²) in [4.78, 5) is 21.7. The zero-order valence-corrected chi connectivity index (χ0v) is 7.24. The third kappa shape index (κ3) is 2.22. The van der Waals surface area contributed by atoms with E-state index in [2.05, 4.69) is 5.32 Å². The molecule has 0 saturated carbocycles. The van der Waals surface area contributed by atoms with Gasteiger partial charge in [-0.05, 0) is 12.2 Å². The highest BCUT2D eigenvalue weighted by molar-refractivity contribution is 8.00. The molecule has 1 aliphatic heterocycles. The van der Waals surface area contributed by atoms with Crippen LogP contribution < -0.4 is 5.32 Å². The first-order valence-corrected chi connectivity index (χ1v) is 4.74. The van der Waals surface area contributed by atoms with Crippen LogP contribution >= 0.6 is 11.8 Å². The summed E-state index contributed by atoms with van der Waals surface area (Å²) in [6.45, 7) is 2.01. The second-order valence-electron chi connectivity index (χ2n) is 2.40. The highest BCUT2D eigenvalue weighted by atomic mass is 32.2. The molecule has 0 bridgehead atoms. The number of imide groups is 1. The lowest BCUT2D eigenvalue weighted by molar-refractivity contribution is -0.132.